The van der Waals surface area contributed by atoms with Gasteiger partial charge in [-0.1, -0.05) is 13.8 Å². The summed E-state index contributed by atoms with van der Waals surface area (Å²) in [6.45, 7) is 5.84. The molecule has 0 aliphatic carbocycles. The number of amides is 2. The highest BCUT2D eigenvalue weighted by atomic mass is 16.5. The molecule has 1 unspecified atom stereocenters. The van der Waals surface area contributed by atoms with Crippen LogP contribution in [0.2, 0.25) is 0 Å². The minimum Gasteiger partial charge on any atom is -0.366 e. The summed E-state index contributed by atoms with van der Waals surface area (Å²) < 4.78 is 5.39. The Morgan fingerprint density at radius 2 is 1.86 bits per heavy atom. The fourth-order valence-corrected chi connectivity index (χ4v) is 2.18. The lowest BCUT2D eigenvalue weighted by Gasteiger charge is -2.22. The van der Waals surface area contributed by atoms with Gasteiger partial charge in [0.05, 0.1) is 6.61 Å². The predicted molar refractivity (Wildman–Crippen MR) is 85.8 cm³/mol. The third-order valence-corrected chi connectivity index (χ3v) is 3.25. The van der Waals surface area contributed by atoms with Gasteiger partial charge in [-0.2, -0.15) is 0 Å². The minimum atomic E-state index is -0.459. The van der Waals surface area contributed by atoms with Gasteiger partial charge in [0.2, 0.25) is 5.91 Å². The Labute approximate surface area is 130 Å². The SMILES string of the molecule is CC(C)CC(=O)Nc1ccc(NC(=O)C2CNCCO2)cc1. The summed E-state index contributed by atoms with van der Waals surface area (Å²) >= 11 is 0. The van der Waals surface area contributed by atoms with Crippen LogP contribution in [0.3, 0.4) is 0 Å². The van der Waals surface area contributed by atoms with Crippen LogP contribution in [-0.4, -0.2) is 37.6 Å². The molecule has 2 amide bonds. The van der Waals surface area contributed by atoms with Crippen LogP contribution < -0.4 is 16.0 Å². The molecule has 0 spiro atoms. The molecule has 0 bridgehead atoms. The second-order valence-corrected chi connectivity index (χ2v) is 5.78. The Balaban J connectivity index is 1.86. The molecule has 1 aromatic rings. The Morgan fingerprint density at radius 1 is 1.23 bits per heavy atom. The fourth-order valence-electron chi connectivity index (χ4n) is 2.18. The summed E-state index contributed by atoms with van der Waals surface area (Å²) in [5.41, 5.74) is 1.40. The lowest BCUT2D eigenvalue weighted by Crippen LogP contribution is -2.45. The molecule has 120 valence electrons. The second-order valence-electron chi connectivity index (χ2n) is 5.78. The van der Waals surface area contributed by atoms with Gasteiger partial charge >= 0.3 is 0 Å². The van der Waals surface area contributed by atoms with E-state index in [-0.39, 0.29) is 11.8 Å². The van der Waals surface area contributed by atoms with E-state index in [1.807, 2.05) is 13.8 Å². The van der Waals surface area contributed by atoms with Crippen molar-refractivity contribution in [1.29, 1.82) is 0 Å². The molecule has 0 radical (unpaired) electrons. The topological polar surface area (TPSA) is 79.5 Å². The largest absolute Gasteiger partial charge is 0.366 e. The smallest absolute Gasteiger partial charge is 0.254 e. The van der Waals surface area contributed by atoms with Crippen molar-refractivity contribution in [3.05, 3.63) is 24.3 Å². The first kappa shape index (κ1) is 16.5. The molecular formula is C16H23N3O3. The van der Waals surface area contributed by atoms with Crippen molar-refractivity contribution in [3.63, 3.8) is 0 Å². The van der Waals surface area contributed by atoms with E-state index in [2.05, 4.69) is 16.0 Å². The molecule has 1 fully saturated rings. The first-order chi connectivity index (χ1) is 10.5. The van der Waals surface area contributed by atoms with Crippen molar-refractivity contribution in [3.8, 4) is 0 Å². The average Bonchev–Trinajstić information content (AvgIpc) is 2.49. The van der Waals surface area contributed by atoms with Crippen LogP contribution in [0.4, 0.5) is 11.4 Å². The number of hydrogen-bond acceptors (Lipinski definition) is 4. The number of anilines is 2. The van der Waals surface area contributed by atoms with Gasteiger partial charge in [0.25, 0.3) is 5.91 Å². The zero-order valence-electron chi connectivity index (χ0n) is 13.0. The Kier molecular flexibility index (Phi) is 5.91. The molecule has 1 saturated heterocycles. The minimum absolute atomic E-state index is 0.00605. The van der Waals surface area contributed by atoms with Gasteiger partial charge in [-0.3, -0.25) is 9.59 Å². The van der Waals surface area contributed by atoms with Crippen LogP contribution in [0.15, 0.2) is 24.3 Å². The molecule has 3 N–H and O–H groups in total. The van der Waals surface area contributed by atoms with Crippen LogP contribution in [0.5, 0.6) is 0 Å². The lowest BCUT2D eigenvalue weighted by molar-refractivity contribution is -0.128. The summed E-state index contributed by atoms with van der Waals surface area (Å²) in [6.07, 6.45) is 0.0315. The van der Waals surface area contributed by atoms with E-state index >= 15 is 0 Å². The van der Waals surface area contributed by atoms with Crippen molar-refractivity contribution in [2.24, 2.45) is 5.92 Å². The van der Waals surface area contributed by atoms with E-state index in [4.69, 9.17) is 4.74 Å². The van der Waals surface area contributed by atoms with Crippen LogP contribution in [0.25, 0.3) is 0 Å². The van der Waals surface area contributed by atoms with Crippen molar-refractivity contribution in [1.82, 2.24) is 5.32 Å². The molecule has 1 heterocycles. The third kappa shape index (κ3) is 5.13. The number of morpholine rings is 1. The molecule has 1 aliphatic rings. The second kappa shape index (κ2) is 7.91. The molecule has 0 saturated carbocycles. The van der Waals surface area contributed by atoms with Crippen LogP contribution in [-0.2, 0) is 14.3 Å². The van der Waals surface area contributed by atoms with E-state index in [0.717, 1.165) is 12.2 Å². The van der Waals surface area contributed by atoms with Gasteiger partial charge in [0.1, 0.15) is 6.10 Å². The molecule has 2 rings (SSSR count). The fraction of sp³-hybridized carbons (Fsp3) is 0.500. The predicted octanol–water partition coefficient (Wildman–Crippen LogP) is 1.60. The van der Waals surface area contributed by atoms with Gasteiger partial charge in [0.15, 0.2) is 0 Å². The van der Waals surface area contributed by atoms with Crippen molar-refractivity contribution in [2.75, 3.05) is 30.3 Å². The quantitative estimate of drug-likeness (QED) is 0.772. The van der Waals surface area contributed by atoms with E-state index in [0.29, 0.717) is 31.2 Å². The van der Waals surface area contributed by atoms with Gasteiger partial charge in [-0.05, 0) is 30.2 Å². The van der Waals surface area contributed by atoms with Gasteiger partial charge in [-0.15, -0.1) is 0 Å². The molecule has 0 aromatic heterocycles. The maximum atomic E-state index is 12.0. The molecule has 1 aliphatic heterocycles. The third-order valence-electron chi connectivity index (χ3n) is 3.25. The molecular weight excluding hydrogens is 282 g/mol. The lowest BCUT2D eigenvalue weighted by atomic mass is 10.1. The highest BCUT2D eigenvalue weighted by molar-refractivity contribution is 5.95. The molecule has 1 aromatic carbocycles. The van der Waals surface area contributed by atoms with Crippen molar-refractivity contribution in [2.45, 2.75) is 26.4 Å². The Bertz CT molecular complexity index is 508. The van der Waals surface area contributed by atoms with Crippen molar-refractivity contribution < 1.29 is 14.3 Å². The molecule has 6 nitrogen and oxygen atoms in total. The average molecular weight is 305 g/mol. The molecule has 22 heavy (non-hydrogen) atoms. The van der Waals surface area contributed by atoms with Crippen LogP contribution in [0.1, 0.15) is 20.3 Å². The van der Waals surface area contributed by atoms with Crippen molar-refractivity contribution >= 4 is 23.2 Å². The monoisotopic (exact) mass is 305 g/mol. The maximum Gasteiger partial charge on any atom is 0.254 e. The summed E-state index contributed by atoms with van der Waals surface area (Å²) in [4.78, 5) is 23.7. The van der Waals surface area contributed by atoms with Gasteiger partial charge in [-0.25, -0.2) is 0 Å². The highest BCUT2D eigenvalue weighted by Crippen LogP contribution is 2.15. The normalized spacial score (nSPS) is 18.0. The Hall–Kier alpha value is -1.92. The standard InChI is InChI=1S/C16H23N3O3/c1-11(2)9-15(20)18-12-3-5-13(6-4-12)19-16(21)14-10-17-7-8-22-14/h3-6,11,14,17H,7-10H2,1-2H3,(H,18,20)(H,19,21). The van der Waals surface area contributed by atoms with E-state index in [1.165, 1.54) is 0 Å². The van der Waals surface area contributed by atoms with Crippen LogP contribution in [0, 0.1) is 5.92 Å². The maximum absolute atomic E-state index is 12.0. The van der Waals surface area contributed by atoms with E-state index in [9.17, 15) is 9.59 Å². The number of ether oxygens (including phenoxy) is 1. The van der Waals surface area contributed by atoms with Gasteiger partial charge in [0, 0.05) is 30.9 Å². The number of benzene rings is 1. The summed E-state index contributed by atoms with van der Waals surface area (Å²) in [5, 5.41) is 8.75. The highest BCUT2D eigenvalue weighted by Gasteiger charge is 2.21. The summed E-state index contributed by atoms with van der Waals surface area (Å²) in [5.74, 6) is 0.153. The first-order valence-corrected chi connectivity index (χ1v) is 7.57. The number of nitrogens with one attached hydrogen (secondary N) is 3. The van der Waals surface area contributed by atoms with E-state index in [1.54, 1.807) is 24.3 Å². The number of carbonyl (C=O) groups excluding carboxylic acids is 2. The molecule has 6 heteroatoms. The molecule has 1 atom stereocenters. The number of rotatable bonds is 5. The first-order valence-electron chi connectivity index (χ1n) is 7.57. The summed E-state index contributed by atoms with van der Waals surface area (Å²) in [7, 11) is 0. The van der Waals surface area contributed by atoms with Crippen LogP contribution >= 0.6 is 0 Å². The van der Waals surface area contributed by atoms with E-state index < -0.39 is 6.10 Å². The number of hydrogen-bond donors (Lipinski definition) is 3. The zero-order chi connectivity index (χ0) is 15.9. The Morgan fingerprint density at radius 3 is 2.41 bits per heavy atom. The zero-order valence-corrected chi connectivity index (χ0v) is 13.0. The number of carbonyl (C=O) groups is 2. The summed E-state index contributed by atoms with van der Waals surface area (Å²) in [6, 6.07) is 7.07. The van der Waals surface area contributed by atoms with Gasteiger partial charge < -0.3 is 20.7 Å².